The fraction of sp³-hybridized carbons (Fsp3) is 0.286. The third kappa shape index (κ3) is 3.75. The number of carbonyl (C=O) groups is 1. The van der Waals surface area contributed by atoms with Crippen LogP contribution in [-0.2, 0) is 6.67 Å². The minimum Gasteiger partial charge on any atom is -0.493 e. The van der Waals surface area contributed by atoms with Crippen LogP contribution in [0.25, 0.3) is 10.9 Å². The Morgan fingerprint density at radius 3 is 2.44 bits per heavy atom. The number of azo groups is 1. The van der Waals surface area contributed by atoms with Gasteiger partial charge in [0.2, 0.25) is 5.88 Å². The van der Waals surface area contributed by atoms with E-state index in [1.807, 2.05) is 43.3 Å². The zero-order valence-electron chi connectivity index (χ0n) is 15.9. The van der Waals surface area contributed by atoms with Gasteiger partial charge in [-0.25, -0.2) is 0 Å². The van der Waals surface area contributed by atoms with E-state index in [0.29, 0.717) is 17.9 Å². The van der Waals surface area contributed by atoms with Crippen LogP contribution in [-0.4, -0.2) is 33.6 Å². The first-order valence-corrected chi connectivity index (χ1v) is 9.11. The van der Waals surface area contributed by atoms with E-state index < -0.39 is 5.91 Å². The average Bonchev–Trinajstić information content (AvgIpc) is 2.95. The van der Waals surface area contributed by atoms with E-state index in [1.165, 1.54) is 0 Å². The lowest BCUT2D eigenvalue weighted by Gasteiger charge is -2.19. The minimum atomic E-state index is -0.423. The van der Waals surface area contributed by atoms with Crippen LogP contribution >= 0.6 is 0 Å². The summed E-state index contributed by atoms with van der Waals surface area (Å²) in [5.41, 5.74) is 2.53. The summed E-state index contributed by atoms with van der Waals surface area (Å²) in [6.07, 6.45) is 0. The predicted molar refractivity (Wildman–Crippen MR) is 107 cm³/mol. The fourth-order valence-corrected chi connectivity index (χ4v) is 3.10. The molecule has 0 saturated carbocycles. The molecule has 1 aromatic heterocycles. The minimum absolute atomic E-state index is 0.0180. The molecule has 1 amide bonds. The Kier molecular flexibility index (Phi) is 5.66. The summed E-state index contributed by atoms with van der Waals surface area (Å²) in [7, 11) is 0. The predicted octanol–water partition coefficient (Wildman–Crippen LogP) is 4.88. The second-order valence-electron chi connectivity index (χ2n) is 6.38. The van der Waals surface area contributed by atoms with Crippen LogP contribution in [0.5, 0.6) is 5.88 Å². The molecular weight excluding hydrogens is 340 g/mol. The highest BCUT2D eigenvalue weighted by atomic mass is 16.3. The Morgan fingerprint density at radius 1 is 1.07 bits per heavy atom. The zero-order valence-corrected chi connectivity index (χ0v) is 15.9. The molecule has 0 saturated heterocycles. The van der Waals surface area contributed by atoms with Crippen LogP contribution in [0, 0.1) is 6.92 Å². The monoisotopic (exact) mass is 364 g/mol. The van der Waals surface area contributed by atoms with Crippen molar-refractivity contribution in [3.8, 4) is 5.88 Å². The largest absolute Gasteiger partial charge is 0.493 e. The van der Waals surface area contributed by atoms with Gasteiger partial charge in [0.15, 0.2) is 5.69 Å². The Hall–Kier alpha value is -2.99. The Bertz CT molecular complexity index is 987. The van der Waals surface area contributed by atoms with Crippen molar-refractivity contribution in [3.63, 3.8) is 0 Å². The van der Waals surface area contributed by atoms with Gasteiger partial charge in [0.25, 0.3) is 5.91 Å². The van der Waals surface area contributed by atoms with Gasteiger partial charge in [0.05, 0.1) is 12.2 Å². The number of carbonyl (C=O) groups excluding carboxylic acids is 1. The topological polar surface area (TPSA) is 70.2 Å². The van der Waals surface area contributed by atoms with Gasteiger partial charge in [-0.15, -0.1) is 10.2 Å². The third-order valence-corrected chi connectivity index (χ3v) is 4.77. The van der Waals surface area contributed by atoms with E-state index in [2.05, 4.69) is 29.0 Å². The van der Waals surface area contributed by atoms with E-state index >= 15 is 0 Å². The van der Waals surface area contributed by atoms with Crippen LogP contribution in [0.1, 0.15) is 29.8 Å². The van der Waals surface area contributed by atoms with Crippen molar-refractivity contribution in [2.24, 2.45) is 10.2 Å². The summed E-state index contributed by atoms with van der Waals surface area (Å²) < 4.78 is 1.80. The summed E-state index contributed by atoms with van der Waals surface area (Å²) in [6.45, 7) is 8.29. The maximum absolute atomic E-state index is 12.4. The van der Waals surface area contributed by atoms with Crippen LogP contribution in [0.3, 0.4) is 0 Å². The lowest BCUT2D eigenvalue weighted by Crippen LogP contribution is -2.25. The van der Waals surface area contributed by atoms with Crippen molar-refractivity contribution in [1.29, 1.82) is 0 Å². The molecule has 2 aromatic carbocycles. The number of fused-ring (bicyclic) bond motifs is 1. The van der Waals surface area contributed by atoms with E-state index in [1.54, 1.807) is 16.7 Å². The van der Waals surface area contributed by atoms with Crippen molar-refractivity contribution in [1.82, 2.24) is 9.47 Å². The standard InChI is InChI=1S/C21H24N4O2/c1-4-24(5-2)14-25-18-13-9-8-12-17(18)19(21(25)27)22-23-20(26)16-11-7-6-10-15(16)3/h6-13,27H,4-5,14H2,1-3H3. The normalized spacial score (nSPS) is 11.7. The molecule has 0 aliphatic heterocycles. The van der Waals surface area contributed by atoms with Crippen LogP contribution in [0.2, 0.25) is 0 Å². The molecule has 3 rings (SSSR count). The molecule has 3 aromatic rings. The number of hydrogen-bond donors (Lipinski definition) is 1. The number of hydrogen-bond acceptors (Lipinski definition) is 4. The molecular formula is C21H24N4O2. The molecule has 6 nitrogen and oxygen atoms in total. The molecule has 0 unspecified atom stereocenters. The van der Waals surface area contributed by atoms with Gasteiger partial charge in [-0.2, -0.15) is 0 Å². The molecule has 0 radical (unpaired) electrons. The van der Waals surface area contributed by atoms with Gasteiger partial charge in [-0.3, -0.25) is 14.3 Å². The lowest BCUT2D eigenvalue weighted by molar-refractivity contribution is 0.0994. The van der Waals surface area contributed by atoms with E-state index in [0.717, 1.165) is 29.6 Å². The first kappa shape index (κ1) is 18.8. The summed E-state index contributed by atoms with van der Waals surface area (Å²) in [5.74, 6) is -0.405. The van der Waals surface area contributed by atoms with Crippen molar-refractivity contribution in [3.05, 3.63) is 59.7 Å². The maximum Gasteiger partial charge on any atom is 0.295 e. The Balaban J connectivity index is 2.01. The second-order valence-corrected chi connectivity index (χ2v) is 6.38. The quantitative estimate of drug-likeness (QED) is 0.634. The van der Waals surface area contributed by atoms with Crippen LogP contribution < -0.4 is 0 Å². The number of benzene rings is 2. The molecule has 0 atom stereocenters. The van der Waals surface area contributed by atoms with Gasteiger partial charge in [-0.05, 0) is 37.7 Å². The first-order chi connectivity index (χ1) is 13.1. The van der Waals surface area contributed by atoms with E-state index in [4.69, 9.17) is 0 Å². The number of para-hydroxylation sites is 1. The number of rotatable bonds is 6. The summed E-state index contributed by atoms with van der Waals surface area (Å²) >= 11 is 0. The molecule has 0 aliphatic rings. The molecule has 0 fully saturated rings. The molecule has 0 spiro atoms. The molecule has 0 aliphatic carbocycles. The summed E-state index contributed by atoms with van der Waals surface area (Å²) in [4.78, 5) is 14.6. The second kappa shape index (κ2) is 8.14. The Labute approximate surface area is 158 Å². The SMILES string of the molecule is CCN(CC)Cn1c(O)c(N=NC(=O)c2ccccc2C)c2ccccc21. The van der Waals surface area contributed by atoms with Gasteiger partial charge in [0, 0.05) is 10.9 Å². The molecule has 6 heteroatoms. The molecule has 140 valence electrons. The van der Waals surface area contributed by atoms with Crippen molar-refractivity contribution in [2.45, 2.75) is 27.4 Å². The smallest absolute Gasteiger partial charge is 0.295 e. The Morgan fingerprint density at radius 2 is 1.74 bits per heavy atom. The van der Waals surface area contributed by atoms with Gasteiger partial charge in [-0.1, -0.05) is 50.2 Å². The highest BCUT2D eigenvalue weighted by Crippen LogP contribution is 2.39. The molecule has 27 heavy (non-hydrogen) atoms. The first-order valence-electron chi connectivity index (χ1n) is 9.11. The average molecular weight is 364 g/mol. The maximum atomic E-state index is 12.4. The lowest BCUT2D eigenvalue weighted by atomic mass is 10.1. The van der Waals surface area contributed by atoms with Crippen LogP contribution in [0.4, 0.5) is 5.69 Å². The van der Waals surface area contributed by atoms with Crippen molar-refractivity contribution >= 4 is 22.5 Å². The number of aromatic hydroxyl groups is 1. The summed E-state index contributed by atoms with van der Waals surface area (Å²) in [5, 5.41) is 19.5. The third-order valence-electron chi connectivity index (χ3n) is 4.77. The summed E-state index contributed by atoms with van der Waals surface area (Å²) in [6, 6.07) is 14.8. The highest BCUT2D eigenvalue weighted by molar-refractivity contribution is 5.98. The molecule has 0 bridgehead atoms. The van der Waals surface area contributed by atoms with Gasteiger partial charge in [0.1, 0.15) is 0 Å². The molecule has 1 N–H and O–H groups in total. The zero-order chi connectivity index (χ0) is 19.4. The van der Waals surface area contributed by atoms with Crippen molar-refractivity contribution < 1.29 is 9.90 Å². The van der Waals surface area contributed by atoms with Crippen molar-refractivity contribution in [2.75, 3.05) is 13.1 Å². The van der Waals surface area contributed by atoms with E-state index in [9.17, 15) is 9.90 Å². The van der Waals surface area contributed by atoms with E-state index in [-0.39, 0.29) is 5.88 Å². The van der Waals surface area contributed by atoms with Gasteiger partial charge < -0.3 is 5.11 Å². The fourth-order valence-electron chi connectivity index (χ4n) is 3.10. The highest BCUT2D eigenvalue weighted by Gasteiger charge is 2.18. The number of aryl methyl sites for hydroxylation is 1. The molecule has 1 heterocycles. The van der Waals surface area contributed by atoms with Gasteiger partial charge >= 0.3 is 0 Å². The number of amides is 1. The number of aromatic nitrogens is 1. The van der Waals surface area contributed by atoms with Crippen LogP contribution in [0.15, 0.2) is 58.8 Å². The number of nitrogens with zero attached hydrogens (tertiary/aromatic N) is 4.